The van der Waals surface area contributed by atoms with Crippen LogP contribution in [0.2, 0.25) is 0 Å². The van der Waals surface area contributed by atoms with E-state index in [4.69, 9.17) is 14.2 Å². The Hall–Kier alpha value is -3.02. The zero-order chi connectivity index (χ0) is 23.3. The van der Waals surface area contributed by atoms with Crippen molar-refractivity contribution >= 4 is 11.7 Å². The Morgan fingerprint density at radius 3 is 2.69 bits per heavy atom. The molecule has 1 unspecified atom stereocenters. The van der Waals surface area contributed by atoms with Crippen LogP contribution < -0.4 is 14.8 Å². The lowest BCUT2D eigenvalue weighted by molar-refractivity contribution is -0.117. The number of nitrogens with zero attached hydrogens (tertiary/aromatic N) is 3. The Bertz CT molecular complexity index is 1000. The number of methoxy groups -OCH3 is 2. The van der Waals surface area contributed by atoms with Crippen molar-refractivity contribution < 1.29 is 19.0 Å². The number of benzene rings is 1. The van der Waals surface area contributed by atoms with Crippen molar-refractivity contribution in [3.63, 3.8) is 0 Å². The van der Waals surface area contributed by atoms with Gasteiger partial charge in [-0.25, -0.2) is 0 Å². The molecule has 1 aromatic carbocycles. The van der Waals surface area contributed by atoms with Crippen LogP contribution in [0.3, 0.4) is 0 Å². The van der Waals surface area contributed by atoms with E-state index in [0.717, 1.165) is 36.3 Å². The highest BCUT2D eigenvalue weighted by molar-refractivity contribution is 5.93. The average Bonchev–Trinajstić information content (AvgIpc) is 3.36. The Balaban J connectivity index is 1.70. The van der Waals surface area contributed by atoms with Gasteiger partial charge in [-0.1, -0.05) is 6.07 Å². The zero-order valence-electron chi connectivity index (χ0n) is 19.5. The molecule has 1 aliphatic heterocycles. The predicted octanol–water partition coefficient (Wildman–Crippen LogP) is 3.24. The molecule has 0 bridgehead atoms. The van der Waals surface area contributed by atoms with Crippen LogP contribution in [0, 0.1) is 25.2 Å². The molecule has 3 rings (SSSR count). The summed E-state index contributed by atoms with van der Waals surface area (Å²) in [6.07, 6.45) is 2.13. The summed E-state index contributed by atoms with van der Waals surface area (Å²) >= 11 is 0. The second-order valence-corrected chi connectivity index (χ2v) is 8.20. The lowest BCUT2D eigenvalue weighted by Gasteiger charge is -2.19. The topological polar surface area (TPSA) is 88.8 Å². The number of carbonyl (C=O) groups is 1. The summed E-state index contributed by atoms with van der Waals surface area (Å²) in [5, 5.41) is 12.7. The Morgan fingerprint density at radius 2 is 2.06 bits per heavy atom. The van der Waals surface area contributed by atoms with E-state index >= 15 is 0 Å². The van der Waals surface area contributed by atoms with Gasteiger partial charge in [0, 0.05) is 18.8 Å². The highest BCUT2D eigenvalue weighted by Gasteiger charge is 2.24. The second kappa shape index (κ2) is 10.5. The number of rotatable bonds is 9. The largest absolute Gasteiger partial charge is 0.493 e. The van der Waals surface area contributed by atoms with E-state index in [-0.39, 0.29) is 18.6 Å². The van der Waals surface area contributed by atoms with Crippen molar-refractivity contribution in [2.75, 3.05) is 39.7 Å². The summed E-state index contributed by atoms with van der Waals surface area (Å²) < 4.78 is 18.4. The zero-order valence-corrected chi connectivity index (χ0v) is 19.5. The van der Waals surface area contributed by atoms with Crippen LogP contribution in [-0.4, -0.2) is 55.9 Å². The van der Waals surface area contributed by atoms with Crippen molar-refractivity contribution in [3.05, 3.63) is 40.6 Å². The SMILES string of the molecule is COc1ccc(CN(C)CC(=O)Nc2c(C#N)c(C)c(C)n2CC2CCCO2)cc1OC. The minimum Gasteiger partial charge on any atom is -0.493 e. The van der Waals surface area contributed by atoms with E-state index in [1.54, 1.807) is 14.2 Å². The molecule has 8 heteroatoms. The number of ether oxygens (including phenoxy) is 3. The van der Waals surface area contributed by atoms with Crippen molar-refractivity contribution in [1.82, 2.24) is 9.47 Å². The summed E-state index contributed by atoms with van der Waals surface area (Å²) in [5.74, 6) is 1.70. The molecule has 0 saturated carbocycles. The van der Waals surface area contributed by atoms with Crippen molar-refractivity contribution in [2.45, 2.75) is 45.9 Å². The van der Waals surface area contributed by atoms with Gasteiger partial charge in [-0.3, -0.25) is 9.69 Å². The minimum absolute atomic E-state index is 0.107. The molecule has 1 fully saturated rings. The quantitative estimate of drug-likeness (QED) is 0.644. The average molecular weight is 441 g/mol. The summed E-state index contributed by atoms with van der Waals surface area (Å²) in [6.45, 7) is 6.03. The molecule has 2 heterocycles. The van der Waals surface area contributed by atoms with E-state index < -0.39 is 0 Å². The van der Waals surface area contributed by atoms with Crippen LogP contribution in [0.1, 0.15) is 35.2 Å². The molecule has 8 nitrogen and oxygen atoms in total. The highest BCUT2D eigenvalue weighted by atomic mass is 16.5. The Morgan fingerprint density at radius 1 is 1.31 bits per heavy atom. The maximum Gasteiger partial charge on any atom is 0.239 e. The third kappa shape index (κ3) is 5.23. The van der Waals surface area contributed by atoms with Gasteiger partial charge in [0.05, 0.1) is 39.0 Å². The smallest absolute Gasteiger partial charge is 0.239 e. The lowest BCUT2D eigenvalue weighted by atomic mass is 10.2. The van der Waals surface area contributed by atoms with Gasteiger partial charge in [0.2, 0.25) is 5.91 Å². The van der Waals surface area contributed by atoms with Gasteiger partial charge in [-0.05, 0) is 57.0 Å². The molecule has 0 aliphatic carbocycles. The fourth-order valence-corrected chi connectivity index (χ4v) is 4.11. The standard InChI is InChI=1S/C24H32N4O4/c1-16-17(2)28(14-19-7-6-10-32-19)24(20(16)12-25)26-23(29)15-27(3)13-18-8-9-21(30-4)22(11-18)31-5/h8-9,11,19H,6-7,10,13-15H2,1-5H3,(H,26,29). The van der Waals surface area contributed by atoms with Crippen LogP contribution in [0.15, 0.2) is 18.2 Å². The van der Waals surface area contributed by atoms with E-state index in [9.17, 15) is 10.1 Å². The van der Waals surface area contributed by atoms with E-state index in [0.29, 0.717) is 36.0 Å². The van der Waals surface area contributed by atoms with E-state index in [2.05, 4.69) is 11.4 Å². The second-order valence-electron chi connectivity index (χ2n) is 8.20. The summed E-state index contributed by atoms with van der Waals surface area (Å²) in [7, 11) is 5.08. The molecule has 2 aromatic rings. The molecule has 1 N–H and O–H groups in total. The van der Waals surface area contributed by atoms with Crippen LogP contribution in [0.25, 0.3) is 0 Å². The van der Waals surface area contributed by atoms with Gasteiger partial charge >= 0.3 is 0 Å². The number of nitrogens with one attached hydrogen (secondary N) is 1. The molecule has 0 radical (unpaired) electrons. The summed E-state index contributed by atoms with van der Waals surface area (Å²) in [4.78, 5) is 14.8. The number of likely N-dealkylation sites (N-methyl/N-ethyl adjacent to an activating group) is 1. The van der Waals surface area contributed by atoms with Crippen LogP contribution >= 0.6 is 0 Å². The number of carbonyl (C=O) groups excluding carboxylic acids is 1. The van der Waals surface area contributed by atoms with Crippen molar-refractivity contribution in [1.29, 1.82) is 5.26 Å². The van der Waals surface area contributed by atoms with Crippen LogP contribution in [0.5, 0.6) is 11.5 Å². The van der Waals surface area contributed by atoms with Crippen molar-refractivity contribution in [2.24, 2.45) is 0 Å². The molecule has 1 aromatic heterocycles. The molecule has 1 aliphatic rings. The summed E-state index contributed by atoms with van der Waals surface area (Å²) in [6, 6.07) is 7.96. The maximum atomic E-state index is 12.9. The van der Waals surface area contributed by atoms with Gasteiger partial charge in [0.15, 0.2) is 11.5 Å². The first-order valence-corrected chi connectivity index (χ1v) is 10.8. The van der Waals surface area contributed by atoms with E-state index in [1.807, 2.05) is 48.6 Å². The highest BCUT2D eigenvalue weighted by Crippen LogP contribution is 2.29. The number of aromatic nitrogens is 1. The molecule has 32 heavy (non-hydrogen) atoms. The third-order valence-electron chi connectivity index (χ3n) is 5.92. The van der Waals surface area contributed by atoms with Gasteiger partial charge in [-0.15, -0.1) is 0 Å². The third-order valence-corrected chi connectivity index (χ3v) is 5.92. The molecular formula is C24H32N4O4. The van der Waals surface area contributed by atoms with Gasteiger partial charge in [-0.2, -0.15) is 5.26 Å². The fraction of sp³-hybridized carbons (Fsp3) is 0.500. The Kier molecular flexibility index (Phi) is 7.78. The van der Waals surface area contributed by atoms with Gasteiger partial charge in [0.1, 0.15) is 11.9 Å². The molecule has 1 atom stereocenters. The molecule has 0 spiro atoms. The molecular weight excluding hydrogens is 408 g/mol. The number of nitriles is 1. The molecule has 1 amide bonds. The first-order valence-electron chi connectivity index (χ1n) is 10.8. The first-order chi connectivity index (χ1) is 15.4. The molecule has 172 valence electrons. The Labute approximate surface area is 189 Å². The van der Waals surface area contributed by atoms with Crippen LogP contribution in [-0.2, 0) is 22.6 Å². The monoisotopic (exact) mass is 440 g/mol. The van der Waals surface area contributed by atoms with Crippen molar-refractivity contribution in [3.8, 4) is 17.6 Å². The maximum absolute atomic E-state index is 12.9. The van der Waals surface area contributed by atoms with E-state index in [1.165, 1.54) is 0 Å². The first kappa shape index (κ1) is 23.6. The summed E-state index contributed by atoms with van der Waals surface area (Å²) in [5.41, 5.74) is 3.38. The number of amides is 1. The number of hydrogen-bond acceptors (Lipinski definition) is 6. The fourth-order valence-electron chi connectivity index (χ4n) is 4.11. The molecule has 1 saturated heterocycles. The van der Waals surface area contributed by atoms with Gasteiger partial charge in [0.25, 0.3) is 0 Å². The van der Waals surface area contributed by atoms with Crippen LogP contribution in [0.4, 0.5) is 5.82 Å². The minimum atomic E-state index is -0.171. The predicted molar refractivity (Wildman–Crippen MR) is 122 cm³/mol. The normalized spacial score (nSPS) is 15.6. The lowest BCUT2D eigenvalue weighted by Crippen LogP contribution is -2.31. The van der Waals surface area contributed by atoms with Gasteiger partial charge < -0.3 is 24.1 Å². The number of hydrogen-bond donors (Lipinski definition) is 1. The number of anilines is 1.